The van der Waals surface area contributed by atoms with Crippen LogP contribution in [0.5, 0.6) is 0 Å². The van der Waals surface area contributed by atoms with E-state index in [1.165, 1.54) is 257 Å². The number of ether oxygens (including phenoxy) is 4. The Morgan fingerprint density at radius 1 is 0.260 bits per heavy atom. The first-order valence-electron chi connectivity index (χ1n) is 43.8. The smallest absolute Gasteiger partial charge is 0.462 e. The lowest BCUT2D eigenvalue weighted by Gasteiger charge is -2.21. The predicted octanol–water partition coefficient (Wildman–Crippen LogP) is 25.7. The second kappa shape index (κ2) is 75.1. The van der Waals surface area contributed by atoms with Gasteiger partial charge in [0, 0.05) is 25.7 Å². The number of carbonyl (C=O) groups excluding carboxylic acids is 4. The second-order valence-electron chi connectivity index (χ2n) is 32.0. The van der Waals surface area contributed by atoms with Crippen molar-refractivity contribution in [2.24, 2.45) is 17.8 Å². The molecule has 0 heterocycles. The highest BCUT2D eigenvalue weighted by Gasteiger charge is 2.30. The minimum Gasteiger partial charge on any atom is -0.462 e. The molecule has 0 bridgehead atoms. The first-order valence-corrected chi connectivity index (χ1v) is 46.8. The molecule has 19 heteroatoms. The molecule has 0 radical (unpaired) electrons. The van der Waals surface area contributed by atoms with E-state index < -0.39 is 97.5 Å². The number of hydrogen-bond donors (Lipinski definition) is 3. The van der Waals surface area contributed by atoms with E-state index in [4.69, 9.17) is 37.0 Å². The van der Waals surface area contributed by atoms with Crippen molar-refractivity contribution in [3.63, 3.8) is 0 Å². The van der Waals surface area contributed by atoms with Crippen molar-refractivity contribution < 1.29 is 80.2 Å². The molecule has 0 aromatic heterocycles. The highest BCUT2D eigenvalue weighted by molar-refractivity contribution is 7.47. The molecule has 0 aromatic carbocycles. The fourth-order valence-electron chi connectivity index (χ4n) is 13.2. The van der Waals surface area contributed by atoms with Gasteiger partial charge in [0.05, 0.1) is 26.4 Å². The maximum absolute atomic E-state index is 13.1. The van der Waals surface area contributed by atoms with Crippen LogP contribution in [0, 0.1) is 17.8 Å². The van der Waals surface area contributed by atoms with Crippen LogP contribution < -0.4 is 0 Å². The monoisotopic (exact) mass is 1520 g/mol. The Labute approximate surface area is 638 Å². The largest absolute Gasteiger partial charge is 0.472 e. The topological polar surface area (TPSA) is 237 Å². The third-order valence-electron chi connectivity index (χ3n) is 19.9. The van der Waals surface area contributed by atoms with E-state index in [-0.39, 0.29) is 25.7 Å². The third kappa shape index (κ3) is 78.2. The van der Waals surface area contributed by atoms with Crippen molar-refractivity contribution in [1.29, 1.82) is 0 Å². The highest BCUT2D eigenvalue weighted by atomic mass is 31.2. The summed E-state index contributed by atoms with van der Waals surface area (Å²) in [5, 5.41) is 10.7. The summed E-state index contributed by atoms with van der Waals surface area (Å²) in [5.74, 6) is 0.277. The van der Waals surface area contributed by atoms with Gasteiger partial charge in [0.25, 0.3) is 0 Å². The molecule has 0 aromatic rings. The Balaban J connectivity index is 5.26. The van der Waals surface area contributed by atoms with Gasteiger partial charge in [-0.1, -0.05) is 395 Å². The summed E-state index contributed by atoms with van der Waals surface area (Å²) < 4.78 is 68.9. The van der Waals surface area contributed by atoms with Gasteiger partial charge in [-0.3, -0.25) is 37.3 Å². The Bertz CT molecular complexity index is 2010. The van der Waals surface area contributed by atoms with E-state index in [1.807, 2.05) is 0 Å². The van der Waals surface area contributed by atoms with Gasteiger partial charge in [-0.2, -0.15) is 0 Å². The number of esters is 4. The minimum absolute atomic E-state index is 0.107. The molecule has 0 aliphatic carbocycles. The summed E-state index contributed by atoms with van der Waals surface area (Å²) in [6.45, 7) is 12.0. The van der Waals surface area contributed by atoms with Crippen molar-refractivity contribution in [1.82, 2.24) is 0 Å². The first kappa shape index (κ1) is 102. The molecular formula is C85H166O17P2. The van der Waals surface area contributed by atoms with Crippen LogP contribution in [0.3, 0.4) is 0 Å². The third-order valence-corrected chi connectivity index (χ3v) is 21.8. The van der Waals surface area contributed by atoms with Crippen LogP contribution in [-0.2, 0) is 65.4 Å². The summed E-state index contributed by atoms with van der Waals surface area (Å²) in [6.07, 6.45) is 65.1. The van der Waals surface area contributed by atoms with E-state index in [0.29, 0.717) is 25.7 Å². The summed E-state index contributed by atoms with van der Waals surface area (Å²) in [6, 6.07) is 0. The molecular weight excluding hydrogens is 1350 g/mol. The van der Waals surface area contributed by atoms with Gasteiger partial charge in [0.2, 0.25) is 0 Å². The number of hydrogen-bond acceptors (Lipinski definition) is 15. The van der Waals surface area contributed by atoms with Gasteiger partial charge < -0.3 is 33.8 Å². The normalized spacial score (nSPS) is 13.9. The van der Waals surface area contributed by atoms with E-state index in [0.717, 1.165) is 108 Å². The Morgan fingerprint density at radius 3 is 0.654 bits per heavy atom. The molecule has 0 saturated carbocycles. The van der Waals surface area contributed by atoms with Crippen LogP contribution in [-0.4, -0.2) is 96.7 Å². The zero-order valence-electron chi connectivity index (χ0n) is 68.5. The molecule has 618 valence electrons. The summed E-state index contributed by atoms with van der Waals surface area (Å²) in [4.78, 5) is 73.2. The minimum atomic E-state index is -4.97. The lowest BCUT2D eigenvalue weighted by Crippen LogP contribution is -2.30. The number of unbranched alkanes of at least 4 members (excludes halogenated alkanes) is 51. The molecule has 0 fully saturated rings. The van der Waals surface area contributed by atoms with Gasteiger partial charge in [0.15, 0.2) is 12.2 Å². The molecule has 0 aliphatic heterocycles. The number of aliphatic hydroxyl groups excluding tert-OH is 1. The highest BCUT2D eigenvalue weighted by Crippen LogP contribution is 2.45. The fraction of sp³-hybridized carbons (Fsp3) is 0.953. The predicted molar refractivity (Wildman–Crippen MR) is 428 cm³/mol. The van der Waals surface area contributed by atoms with Gasteiger partial charge in [-0.25, -0.2) is 9.13 Å². The SMILES string of the molecule is CCCCCCCCCCCCCCCC(=O)OC[C@H](COP(=O)(O)OC[C@H](O)COP(=O)(O)OC[C@@H](COC(=O)CCCCCCCCCCCCCCCCCC(C)C)OC(=O)CCCCCCCCCCCCCCCCCCC(C)C)OC(=O)CCCCCCCCCCCCCC(C)C. The Morgan fingerprint density at radius 2 is 0.442 bits per heavy atom. The first-order chi connectivity index (χ1) is 50.2. The molecule has 0 rings (SSSR count). The van der Waals surface area contributed by atoms with Crippen molar-refractivity contribution in [3.8, 4) is 0 Å². The summed E-state index contributed by atoms with van der Waals surface area (Å²) in [7, 11) is -9.93. The van der Waals surface area contributed by atoms with Gasteiger partial charge in [-0.05, 0) is 43.4 Å². The average Bonchev–Trinajstić information content (AvgIpc) is 0.904. The van der Waals surface area contributed by atoms with E-state index in [9.17, 15) is 43.2 Å². The molecule has 3 N–H and O–H groups in total. The van der Waals surface area contributed by atoms with Crippen molar-refractivity contribution in [3.05, 3.63) is 0 Å². The zero-order valence-corrected chi connectivity index (χ0v) is 70.3. The lowest BCUT2D eigenvalue weighted by atomic mass is 10.0. The standard InChI is InChI=1S/C85H166O17P2/c1-8-9-10-11-12-13-14-22-31-38-45-52-59-66-82(87)95-73-81(102-85(90)69-62-55-48-41-34-27-30-37-44-51-58-65-78(6)7)75-100-104(93,94)98-71-79(86)70-97-103(91,92)99-74-80(72-96-83(88)67-60-53-46-39-32-25-21-17-19-24-29-36-43-50-57-64-77(4)5)101-84(89)68-61-54-47-40-33-26-20-16-15-18-23-28-35-42-49-56-63-76(2)3/h76-81,86H,8-75H2,1-7H3,(H,91,92)(H,93,94)/t79-,80-,81-/m1/s1. The van der Waals surface area contributed by atoms with Gasteiger partial charge in [0.1, 0.15) is 19.3 Å². The quantitative estimate of drug-likeness (QED) is 0.0222. The molecule has 17 nitrogen and oxygen atoms in total. The maximum Gasteiger partial charge on any atom is 0.472 e. The van der Waals surface area contributed by atoms with Crippen molar-refractivity contribution >= 4 is 39.5 Å². The number of phosphoric ester groups is 2. The lowest BCUT2D eigenvalue weighted by molar-refractivity contribution is -0.161. The van der Waals surface area contributed by atoms with Crippen LogP contribution in [0.15, 0.2) is 0 Å². The van der Waals surface area contributed by atoms with E-state index in [1.54, 1.807) is 0 Å². The summed E-state index contributed by atoms with van der Waals surface area (Å²) >= 11 is 0. The second-order valence-corrected chi connectivity index (χ2v) is 34.9. The van der Waals surface area contributed by atoms with Crippen LogP contribution in [0.1, 0.15) is 447 Å². The fourth-order valence-corrected chi connectivity index (χ4v) is 14.8. The maximum atomic E-state index is 13.1. The van der Waals surface area contributed by atoms with Crippen LogP contribution in [0.4, 0.5) is 0 Å². The Kier molecular flexibility index (Phi) is 73.7. The number of carbonyl (C=O) groups is 4. The number of aliphatic hydroxyl groups is 1. The number of rotatable bonds is 83. The van der Waals surface area contributed by atoms with Crippen LogP contribution in [0.25, 0.3) is 0 Å². The molecule has 0 saturated heterocycles. The molecule has 0 amide bonds. The summed E-state index contributed by atoms with van der Waals surface area (Å²) in [5.41, 5.74) is 0. The van der Waals surface area contributed by atoms with Gasteiger partial charge >= 0.3 is 39.5 Å². The van der Waals surface area contributed by atoms with Crippen LogP contribution >= 0.6 is 15.6 Å². The van der Waals surface area contributed by atoms with E-state index in [2.05, 4.69) is 48.5 Å². The molecule has 0 aliphatic rings. The average molecular weight is 1520 g/mol. The van der Waals surface area contributed by atoms with Crippen molar-refractivity contribution in [2.45, 2.75) is 465 Å². The molecule has 104 heavy (non-hydrogen) atoms. The van der Waals surface area contributed by atoms with E-state index >= 15 is 0 Å². The Hall–Kier alpha value is -1.94. The van der Waals surface area contributed by atoms with Crippen molar-refractivity contribution in [2.75, 3.05) is 39.6 Å². The molecule has 5 atom stereocenters. The number of phosphoric acid groups is 2. The van der Waals surface area contributed by atoms with Crippen LogP contribution in [0.2, 0.25) is 0 Å². The zero-order chi connectivity index (χ0) is 76.5. The molecule has 2 unspecified atom stereocenters. The van der Waals surface area contributed by atoms with Gasteiger partial charge in [-0.15, -0.1) is 0 Å². The molecule has 0 spiro atoms.